The average Bonchev–Trinajstić information content (AvgIpc) is 2.44. The van der Waals surface area contributed by atoms with Crippen molar-refractivity contribution in [2.45, 2.75) is 26.8 Å². The van der Waals surface area contributed by atoms with Gasteiger partial charge in [0, 0.05) is 0 Å². The van der Waals surface area contributed by atoms with E-state index < -0.39 is 23.9 Å². The Morgan fingerprint density at radius 3 is 2.05 bits per heavy atom. The van der Waals surface area contributed by atoms with E-state index in [1.54, 1.807) is 13.8 Å². The van der Waals surface area contributed by atoms with E-state index in [1.165, 1.54) is 0 Å². The van der Waals surface area contributed by atoms with Gasteiger partial charge in [-0.2, -0.15) is 0 Å². The first-order valence-electron chi connectivity index (χ1n) is 7.48. The molecule has 0 radical (unpaired) electrons. The van der Waals surface area contributed by atoms with Crippen LogP contribution in [0.2, 0.25) is 0 Å². The molecule has 0 saturated carbocycles. The third kappa shape index (κ3) is 4.56. The number of ether oxygens (including phenoxy) is 2. The number of hydrogen-bond acceptors (Lipinski definition) is 5. The molecule has 0 N–H and O–H groups in total. The normalized spacial score (nSPS) is 12.3. The second kappa shape index (κ2) is 8.54. The average molecular weight is 307 g/mol. The van der Waals surface area contributed by atoms with E-state index in [0.29, 0.717) is 0 Å². The van der Waals surface area contributed by atoms with Crippen LogP contribution in [0, 0.1) is 12.8 Å². The van der Waals surface area contributed by atoms with Gasteiger partial charge in [0.1, 0.15) is 0 Å². The number of nitrogens with zero attached hydrogens (tertiary/aromatic N) is 1. The van der Waals surface area contributed by atoms with E-state index in [9.17, 15) is 9.59 Å². The van der Waals surface area contributed by atoms with E-state index in [-0.39, 0.29) is 13.2 Å². The molecule has 0 aliphatic carbocycles. The number of hydrogen-bond donors (Lipinski definition) is 0. The van der Waals surface area contributed by atoms with Crippen LogP contribution >= 0.6 is 0 Å². The SMILES string of the molecule is CCOC(=O)C(C(=O)OCC)[C@H](c1cccc(C)c1)N(C)C. The van der Waals surface area contributed by atoms with Gasteiger partial charge in [0.2, 0.25) is 0 Å². The summed E-state index contributed by atoms with van der Waals surface area (Å²) in [4.78, 5) is 26.5. The Labute approximate surface area is 132 Å². The van der Waals surface area contributed by atoms with E-state index in [2.05, 4.69) is 0 Å². The molecule has 0 aliphatic rings. The predicted molar refractivity (Wildman–Crippen MR) is 84.4 cm³/mol. The summed E-state index contributed by atoms with van der Waals surface area (Å²) in [5, 5.41) is 0. The molecule has 0 heterocycles. The van der Waals surface area contributed by atoms with E-state index >= 15 is 0 Å². The number of aryl methyl sites for hydroxylation is 1. The number of benzene rings is 1. The zero-order chi connectivity index (χ0) is 16.7. The summed E-state index contributed by atoms with van der Waals surface area (Å²) < 4.78 is 10.2. The van der Waals surface area contributed by atoms with Crippen molar-refractivity contribution in [1.82, 2.24) is 4.90 Å². The molecule has 22 heavy (non-hydrogen) atoms. The van der Waals surface area contributed by atoms with Crippen LogP contribution in [0.1, 0.15) is 31.0 Å². The van der Waals surface area contributed by atoms with Gasteiger partial charge in [-0.3, -0.25) is 9.59 Å². The molecule has 0 aromatic heterocycles. The molecule has 5 nitrogen and oxygen atoms in total. The van der Waals surface area contributed by atoms with Gasteiger partial charge >= 0.3 is 11.9 Å². The smallest absolute Gasteiger partial charge is 0.322 e. The van der Waals surface area contributed by atoms with Crippen molar-refractivity contribution in [1.29, 1.82) is 0 Å². The first kappa shape index (κ1) is 18.2. The fourth-order valence-electron chi connectivity index (χ4n) is 2.46. The van der Waals surface area contributed by atoms with Gasteiger partial charge in [0.25, 0.3) is 0 Å². The minimum Gasteiger partial charge on any atom is -0.465 e. The van der Waals surface area contributed by atoms with Crippen molar-refractivity contribution in [3.05, 3.63) is 35.4 Å². The Bertz CT molecular complexity index is 495. The third-order valence-electron chi connectivity index (χ3n) is 3.34. The molecule has 1 rings (SSSR count). The van der Waals surface area contributed by atoms with Crippen LogP contribution in [0.15, 0.2) is 24.3 Å². The second-order valence-corrected chi connectivity index (χ2v) is 5.30. The van der Waals surface area contributed by atoms with Crippen LogP contribution in [0.3, 0.4) is 0 Å². The Hall–Kier alpha value is -1.88. The highest BCUT2D eigenvalue weighted by Crippen LogP contribution is 2.29. The van der Waals surface area contributed by atoms with E-state index in [1.807, 2.05) is 50.2 Å². The molecule has 0 unspecified atom stereocenters. The fourth-order valence-corrected chi connectivity index (χ4v) is 2.46. The van der Waals surface area contributed by atoms with E-state index in [4.69, 9.17) is 9.47 Å². The maximum Gasteiger partial charge on any atom is 0.322 e. The molecule has 0 fully saturated rings. The van der Waals surface area contributed by atoms with Crippen LogP contribution in [-0.2, 0) is 19.1 Å². The van der Waals surface area contributed by atoms with Gasteiger partial charge in [-0.15, -0.1) is 0 Å². The molecular weight excluding hydrogens is 282 g/mol. The lowest BCUT2D eigenvalue weighted by molar-refractivity contribution is -0.165. The summed E-state index contributed by atoms with van der Waals surface area (Å²) in [5.74, 6) is -2.11. The highest BCUT2D eigenvalue weighted by Gasteiger charge is 2.39. The van der Waals surface area contributed by atoms with Crippen molar-refractivity contribution in [2.24, 2.45) is 5.92 Å². The standard InChI is InChI=1S/C17H25NO4/c1-6-21-16(19)14(17(20)22-7-2)15(18(4)5)13-10-8-9-12(3)11-13/h8-11,14-15H,6-7H2,1-5H3/t15-/m0/s1. The molecule has 1 aromatic rings. The monoisotopic (exact) mass is 307 g/mol. The maximum atomic E-state index is 12.3. The van der Waals surface area contributed by atoms with Gasteiger partial charge in [-0.25, -0.2) is 0 Å². The van der Waals surface area contributed by atoms with Crippen molar-refractivity contribution >= 4 is 11.9 Å². The molecular formula is C17H25NO4. The van der Waals surface area contributed by atoms with Crippen LogP contribution in [-0.4, -0.2) is 44.1 Å². The first-order valence-corrected chi connectivity index (χ1v) is 7.48. The molecule has 1 aromatic carbocycles. The van der Waals surface area contributed by atoms with Crippen molar-refractivity contribution in [3.8, 4) is 0 Å². The quantitative estimate of drug-likeness (QED) is 0.571. The Kier molecular flexibility index (Phi) is 7.05. The highest BCUT2D eigenvalue weighted by atomic mass is 16.6. The molecule has 5 heteroatoms. The minimum atomic E-state index is -1.00. The minimum absolute atomic E-state index is 0.225. The van der Waals surface area contributed by atoms with E-state index in [0.717, 1.165) is 11.1 Å². The molecule has 0 spiro atoms. The molecule has 0 saturated heterocycles. The second-order valence-electron chi connectivity index (χ2n) is 5.30. The summed E-state index contributed by atoms with van der Waals surface area (Å²) >= 11 is 0. The van der Waals surface area contributed by atoms with Gasteiger partial charge < -0.3 is 14.4 Å². The van der Waals surface area contributed by atoms with Crippen LogP contribution in [0.5, 0.6) is 0 Å². The highest BCUT2D eigenvalue weighted by molar-refractivity contribution is 5.96. The summed E-state index contributed by atoms with van der Waals surface area (Å²) in [7, 11) is 3.66. The molecule has 122 valence electrons. The van der Waals surface area contributed by atoms with Gasteiger partial charge in [0.15, 0.2) is 5.92 Å². The van der Waals surface area contributed by atoms with Crippen molar-refractivity contribution in [2.75, 3.05) is 27.3 Å². The first-order chi connectivity index (χ1) is 10.4. The topological polar surface area (TPSA) is 55.8 Å². The Morgan fingerprint density at radius 1 is 1.09 bits per heavy atom. The van der Waals surface area contributed by atoms with Crippen LogP contribution in [0.25, 0.3) is 0 Å². The Balaban J connectivity index is 3.25. The van der Waals surface area contributed by atoms with Crippen LogP contribution in [0.4, 0.5) is 0 Å². The van der Waals surface area contributed by atoms with Gasteiger partial charge in [0.05, 0.1) is 19.3 Å². The summed E-state index contributed by atoms with van der Waals surface area (Å²) in [6.07, 6.45) is 0. The van der Waals surface area contributed by atoms with Crippen LogP contribution < -0.4 is 0 Å². The summed E-state index contributed by atoms with van der Waals surface area (Å²) in [5.41, 5.74) is 1.95. The molecule has 1 atom stereocenters. The lowest BCUT2D eigenvalue weighted by atomic mass is 9.91. The zero-order valence-electron chi connectivity index (χ0n) is 14.0. The lowest BCUT2D eigenvalue weighted by Gasteiger charge is -2.30. The van der Waals surface area contributed by atoms with Gasteiger partial charge in [-0.05, 0) is 40.4 Å². The number of carbonyl (C=O) groups excluding carboxylic acids is 2. The van der Waals surface area contributed by atoms with Crippen molar-refractivity contribution in [3.63, 3.8) is 0 Å². The summed E-state index contributed by atoms with van der Waals surface area (Å²) in [6.45, 7) is 5.86. The summed E-state index contributed by atoms with van der Waals surface area (Å²) in [6, 6.07) is 7.33. The number of rotatable bonds is 7. The van der Waals surface area contributed by atoms with Gasteiger partial charge in [-0.1, -0.05) is 29.8 Å². The maximum absolute atomic E-state index is 12.3. The molecule has 0 aliphatic heterocycles. The fraction of sp³-hybridized carbons (Fsp3) is 0.529. The zero-order valence-corrected chi connectivity index (χ0v) is 14.0. The predicted octanol–water partition coefficient (Wildman–Crippen LogP) is 2.34. The number of carbonyl (C=O) groups is 2. The molecule has 0 bridgehead atoms. The number of esters is 2. The third-order valence-corrected chi connectivity index (χ3v) is 3.34. The Morgan fingerprint density at radius 2 is 1.64 bits per heavy atom. The largest absolute Gasteiger partial charge is 0.465 e. The van der Waals surface area contributed by atoms with Crippen molar-refractivity contribution < 1.29 is 19.1 Å². The lowest BCUT2D eigenvalue weighted by Crippen LogP contribution is -2.39. The molecule has 0 amide bonds.